The molecule has 3 unspecified atom stereocenters. The normalized spacial score (nSPS) is 21.5. The maximum Gasteiger partial charge on any atom is 0.261 e. The lowest BCUT2D eigenvalue weighted by Crippen LogP contribution is -2.67. The van der Waals surface area contributed by atoms with Crippen LogP contribution in [0.4, 0.5) is 0 Å². The molecule has 1 heterocycles. The van der Waals surface area contributed by atoms with Crippen molar-refractivity contribution in [2.45, 2.75) is 70.0 Å². The standard InChI is InChI=1S/C39H43Cl2NO2Si/c1-27-24-35(30-12-11-13-32(41)25-30)37(29-20-22-31(40)23-21-29)42(38(27)43)36(28-18-19-28)26-44-45(39(2,3)4,33-14-7-5-8-15-33)34-16-9-6-10-17-34/h5-17,20-23,25,27-28,35-37H,18-19,24,26H2,1-4H3/t27?,35?,36-,37?/m1/s1. The molecule has 0 aromatic heterocycles. The number of rotatable bonds is 9. The number of carbonyl (C=O) groups excluding carboxylic acids is 1. The molecule has 6 rings (SSSR count). The fourth-order valence-electron chi connectivity index (χ4n) is 7.57. The van der Waals surface area contributed by atoms with Gasteiger partial charge in [0.1, 0.15) is 0 Å². The molecule has 2 fully saturated rings. The third-order valence-corrected chi connectivity index (χ3v) is 15.4. The highest BCUT2D eigenvalue weighted by atomic mass is 35.5. The minimum absolute atomic E-state index is 0.0516. The predicted octanol–water partition coefficient (Wildman–Crippen LogP) is 9.04. The van der Waals surface area contributed by atoms with Gasteiger partial charge in [-0.2, -0.15) is 0 Å². The van der Waals surface area contributed by atoms with Crippen LogP contribution in [0.15, 0.2) is 109 Å². The second-order valence-electron chi connectivity index (χ2n) is 13.9. The molecule has 2 aliphatic rings. The first-order valence-corrected chi connectivity index (χ1v) is 18.8. The van der Waals surface area contributed by atoms with E-state index in [1.54, 1.807) is 0 Å². The number of piperidine rings is 1. The topological polar surface area (TPSA) is 29.5 Å². The van der Waals surface area contributed by atoms with Crippen molar-refractivity contribution in [1.29, 1.82) is 0 Å². The van der Waals surface area contributed by atoms with E-state index >= 15 is 0 Å². The van der Waals surface area contributed by atoms with Gasteiger partial charge in [0, 0.05) is 21.9 Å². The molecule has 0 bridgehead atoms. The van der Waals surface area contributed by atoms with E-state index in [1.165, 1.54) is 10.4 Å². The fraction of sp³-hybridized carbons (Fsp3) is 0.359. The summed E-state index contributed by atoms with van der Waals surface area (Å²) in [7, 11) is -2.80. The Morgan fingerprint density at radius 3 is 1.93 bits per heavy atom. The van der Waals surface area contributed by atoms with Crippen molar-refractivity contribution in [1.82, 2.24) is 4.90 Å². The molecule has 4 aromatic rings. The summed E-state index contributed by atoms with van der Waals surface area (Å²) in [5, 5.41) is 3.76. The molecule has 0 radical (unpaired) electrons. The Kier molecular flexibility index (Phi) is 9.32. The van der Waals surface area contributed by atoms with E-state index in [4.69, 9.17) is 27.6 Å². The van der Waals surface area contributed by atoms with E-state index < -0.39 is 8.32 Å². The summed E-state index contributed by atoms with van der Waals surface area (Å²) >= 11 is 12.9. The van der Waals surface area contributed by atoms with Crippen LogP contribution in [-0.2, 0) is 9.22 Å². The lowest BCUT2D eigenvalue weighted by molar-refractivity contribution is -0.147. The predicted molar refractivity (Wildman–Crippen MR) is 189 cm³/mol. The van der Waals surface area contributed by atoms with Gasteiger partial charge >= 0.3 is 0 Å². The van der Waals surface area contributed by atoms with Crippen LogP contribution < -0.4 is 10.4 Å². The summed E-state index contributed by atoms with van der Waals surface area (Å²) in [6, 6.07) is 37.6. The first-order chi connectivity index (χ1) is 21.6. The monoisotopic (exact) mass is 655 g/mol. The van der Waals surface area contributed by atoms with E-state index in [0.717, 1.165) is 30.4 Å². The maximum atomic E-state index is 14.5. The van der Waals surface area contributed by atoms with Gasteiger partial charge in [-0.3, -0.25) is 4.79 Å². The molecule has 0 N–H and O–H groups in total. The van der Waals surface area contributed by atoms with Crippen molar-refractivity contribution in [3.63, 3.8) is 0 Å². The molecule has 0 spiro atoms. The molecule has 6 heteroatoms. The molecule has 1 amide bonds. The van der Waals surface area contributed by atoms with Crippen molar-refractivity contribution >= 4 is 47.8 Å². The van der Waals surface area contributed by atoms with Crippen LogP contribution in [0.5, 0.6) is 0 Å². The highest BCUT2D eigenvalue weighted by Gasteiger charge is 2.53. The Labute approximate surface area is 279 Å². The highest BCUT2D eigenvalue weighted by molar-refractivity contribution is 6.99. The number of halogens is 2. The van der Waals surface area contributed by atoms with Gasteiger partial charge in [-0.05, 0) is 76.0 Å². The average Bonchev–Trinajstić information content (AvgIpc) is 3.87. The van der Waals surface area contributed by atoms with Gasteiger partial charge in [0.2, 0.25) is 5.91 Å². The Morgan fingerprint density at radius 2 is 1.40 bits per heavy atom. The lowest BCUT2D eigenvalue weighted by atomic mass is 9.75. The van der Waals surface area contributed by atoms with E-state index in [9.17, 15) is 4.79 Å². The van der Waals surface area contributed by atoms with Crippen molar-refractivity contribution < 1.29 is 9.22 Å². The SMILES string of the molecule is CC1CC(c2cccc(Cl)c2)C(c2ccc(Cl)cc2)N([C@H](CO[Si](c2ccccc2)(c2ccccc2)C(C)(C)C)C2CC2)C1=O. The van der Waals surface area contributed by atoms with Crippen LogP contribution in [0.25, 0.3) is 0 Å². The molecule has 1 saturated carbocycles. The van der Waals surface area contributed by atoms with Gasteiger partial charge in [-0.1, -0.05) is 136 Å². The van der Waals surface area contributed by atoms with Crippen LogP contribution in [-0.4, -0.2) is 31.8 Å². The smallest absolute Gasteiger partial charge is 0.261 e. The number of amides is 1. The molecule has 4 atom stereocenters. The Hall–Kier alpha value is -2.89. The summed E-state index contributed by atoms with van der Waals surface area (Å²) in [5.41, 5.74) is 2.26. The summed E-state index contributed by atoms with van der Waals surface area (Å²) in [6.45, 7) is 9.50. The van der Waals surface area contributed by atoms with Crippen molar-refractivity contribution in [3.8, 4) is 0 Å². The summed E-state index contributed by atoms with van der Waals surface area (Å²) in [5.74, 6) is 0.571. The highest BCUT2D eigenvalue weighted by Crippen LogP contribution is 2.50. The minimum Gasteiger partial charge on any atom is -0.405 e. The summed E-state index contributed by atoms with van der Waals surface area (Å²) in [6.07, 6.45) is 2.96. The van der Waals surface area contributed by atoms with E-state index in [-0.39, 0.29) is 34.9 Å². The van der Waals surface area contributed by atoms with E-state index in [0.29, 0.717) is 22.6 Å². The summed E-state index contributed by atoms with van der Waals surface area (Å²) in [4.78, 5) is 16.7. The average molecular weight is 657 g/mol. The number of benzene rings is 4. The van der Waals surface area contributed by atoms with Gasteiger partial charge < -0.3 is 9.33 Å². The molecule has 1 aliphatic heterocycles. The zero-order valence-corrected chi connectivity index (χ0v) is 29.1. The van der Waals surface area contributed by atoms with Crippen molar-refractivity contribution in [2.24, 2.45) is 11.8 Å². The minimum atomic E-state index is -2.80. The van der Waals surface area contributed by atoms with Crippen molar-refractivity contribution in [2.75, 3.05) is 6.61 Å². The second-order valence-corrected chi connectivity index (χ2v) is 19.1. The zero-order chi connectivity index (χ0) is 31.8. The molecule has 3 nitrogen and oxygen atoms in total. The fourth-order valence-corrected chi connectivity index (χ4v) is 12.5. The number of nitrogens with zero attached hydrogens (tertiary/aromatic N) is 1. The van der Waals surface area contributed by atoms with Gasteiger partial charge in [-0.25, -0.2) is 0 Å². The summed E-state index contributed by atoms with van der Waals surface area (Å²) < 4.78 is 7.53. The van der Waals surface area contributed by atoms with E-state index in [2.05, 4.69) is 118 Å². The zero-order valence-electron chi connectivity index (χ0n) is 26.6. The molecule has 45 heavy (non-hydrogen) atoms. The van der Waals surface area contributed by atoms with Crippen LogP contribution in [0, 0.1) is 11.8 Å². The first kappa shape index (κ1) is 32.1. The van der Waals surface area contributed by atoms with Gasteiger partial charge in [0.15, 0.2) is 0 Å². The quantitative estimate of drug-likeness (QED) is 0.168. The maximum absolute atomic E-state index is 14.5. The molecule has 4 aromatic carbocycles. The number of likely N-dealkylation sites (tertiary alicyclic amines) is 1. The number of hydrogen-bond acceptors (Lipinski definition) is 2. The van der Waals surface area contributed by atoms with E-state index in [1.807, 2.05) is 24.3 Å². The van der Waals surface area contributed by atoms with Crippen LogP contribution in [0.3, 0.4) is 0 Å². The molecule has 1 aliphatic carbocycles. The first-order valence-electron chi connectivity index (χ1n) is 16.2. The third kappa shape index (κ3) is 6.40. The van der Waals surface area contributed by atoms with Crippen molar-refractivity contribution in [3.05, 3.63) is 130 Å². The number of carbonyl (C=O) groups is 1. The van der Waals surface area contributed by atoms with Crippen LogP contribution >= 0.6 is 23.2 Å². The third-order valence-electron chi connectivity index (χ3n) is 9.86. The second kappa shape index (κ2) is 13.1. The molecular formula is C39H43Cl2NO2Si. The van der Waals surface area contributed by atoms with Gasteiger partial charge in [-0.15, -0.1) is 0 Å². The number of hydrogen-bond donors (Lipinski definition) is 0. The Morgan fingerprint density at radius 1 is 0.800 bits per heavy atom. The Bertz CT molecular complexity index is 1560. The molecular weight excluding hydrogens is 613 g/mol. The van der Waals surface area contributed by atoms with Crippen LogP contribution in [0.2, 0.25) is 15.1 Å². The van der Waals surface area contributed by atoms with Gasteiger partial charge in [0.25, 0.3) is 8.32 Å². The largest absolute Gasteiger partial charge is 0.405 e. The molecule has 1 saturated heterocycles. The Balaban J connectivity index is 1.46. The molecule has 234 valence electrons. The lowest BCUT2D eigenvalue weighted by Gasteiger charge is -2.50. The van der Waals surface area contributed by atoms with Gasteiger partial charge in [0.05, 0.1) is 18.7 Å². The van der Waals surface area contributed by atoms with Crippen LogP contribution in [0.1, 0.15) is 70.0 Å².